The van der Waals surface area contributed by atoms with Gasteiger partial charge in [0.15, 0.2) is 0 Å². The molecular formula is C14H20N4O. The summed E-state index contributed by atoms with van der Waals surface area (Å²) in [6.07, 6.45) is 3.58. The van der Waals surface area contributed by atoms with Crippen molar-refractivity contribution in [2.45, 2.75) is 25.3 Å². The molecule has 0 bridgehead atoms. The molecule has 1 aromatic carbocycles. The first-order valence-electron chi connectivity index (χ1n) is 6.77. The first kappa shape index (κ1) is 12.4. The SMILES string of the molecule is CNCC1(C(N)c2ccc3[nH]c(=O)[nH]c3c2)CCC1. The standard InChI is InChI=1S/C14H20N4O/c1-16-8-14(5-2-6-14)12(15)9-3-4-10-11(7-9)18-13(19)17-10/h3-4,7,12,16H,2,5-6,8,15H2,1H3,(H2,17,18,19). The maximum absolute atomic E-state index is 11.3. The van der Waals surface area contributed by atoms with Gasteiger partial charge in [0, 0.05) is 18.0 Å². The van der Waals surface area contributed by atoms with Gasteiger partial charge in [-0.1, -0.05) is 12.5 Å². The molecule has 1 unspecified atom stereocenters. The Morgan fingerprint density at radius 3 is 2.74 bits per heavy atom. The average molecular weight is 260 g/mol. The topological polar surface area (TPSA) is 86.7 Å². The molecule has 0 aliphatic heterocycles. The number of imidazole rings is 1. The van der Waals surface area contributed by atoms with Crippen LogP contribution in [-0.2, 0) is 0 Å². The Labute approximate surface area is 111 Å². The van der Waals surface area contributed by atoms with Crippen LogP contribution < -0.4 is 16.7 Å². The van der Waals surface area contributed by atoms with Crippen LogP contribution in [0.1, 0.15) is 30.9 Å². The average Bonchev–Trinajstić information content (AvgIpc) is 2.72. The number of nitrogens with two attached hydrogens (primary N) is 1. The van der Waals surface area contributed by atoms with Crippen LogP contribution in [0, 0.1) is 5.41 Å². The Hall–Kier alpha value is -1.59. The fourth-order valence-electron chi connectivity index (χ4n) is 3.18. The van der Waals surface area contributed by atoms with Crippen molar-refractivity contribution in [1.82, 2.24) is 15.3 Å². The smallest absolute Gasteiger partial charge is 0.323 e. The van der Waals surface area contributed by atoms with Gasteiger partial charge in [0.1, 0.15) is 0 Å². The maximum atomic E-state index is 11.3. The van der Waals surface area contributed by atoms with Crippen molar-refractivity contribution in [1.29, 1.82) is 0 Å². The summed E-state index contributed by atoms with van der Waals surface area (Å²) in [7, 11) is 1.97. The Balaban J connectivity index is 1.96. The van der Waals surface area contributed by atoms with Gasteiger partial charge in [0.2, 0.25) is 0 Å². The zero-order valence-electron chi connectivity index (χ0n) is 11.1. The van der Waals surface area contributed by atoms with E-state index in [9.17, 15) is 4.79 Å². The highest BCUT2D eigenvalue weighted by atomic mass is 16.1. The van der Waals surface area contributed by atoms with Gasteiger partial charge in [0.25, 0.3) is 0 Å². The van der Waals surface area contributed by atoms with Crippen LogP contribution in [0.25, 0.3) is 11.0 Å². The van der Waals surface area contributed by atoms with Gasteiger partial charge in [-0.25, -0.2) is 4.79 Å². The molecule has 0 saturated heterocycles. The molecule has 1 aliphatic rings. The monoisotopic (exact) mass is 260 g/mol. The number of nitrogens with one attached hydrogen (secondary N) is 3. The molecule has 0 spiro atoms. The summed E-state index contributed by atoms with van der Waals surface area (Å²) in [5.41, 5.74) is 9.23. The highest BCUT2D eigenvalue weighted by molar-refractivity contribution is 5.75. The van der Waals surface area contributed by atoms with E-state index in [1.165, 1.54) is 6.42 Å². The molecule has 0 radical (unpaired) electrons. The van der Waals surface area contributed by atoms with Crippen molar-refractivity contribution in [3.05, 3.63) is 34.2 Å². The van der Waals surface area contributed by atoms with Crippen molar-refractivity contribution in [2.75, 3.05) is 13.6 Å². The lowest BCUT2D eigenvalue weighted by Gasteiger charge is -2.46. The van der Waals surface area contributed by atoms with Crippen LogP contribution in [-0.4, -0.2) is 23.6 Å². The number of hydrogen-bond acceptors (Lipinski definition) is 3. The van der Waals surface area contributed by atoms with Crippen LogP contribution in [0.3, 0.4) is 0 Å². The Bertz CT molecular complexity index is 638. The number of aromatic nitrogens is 2. The number of fused-ring (bicyclic) bond motifs is 1. The predicted molar refractivity (Wildman–Crippen MR) is 76.1 cm³/mol. The van der Waals surface area contributed by atoms with Crippen LogP contribution in [0.15, 0.2) is 23.0 Å². The fraction of sp³-hybridized carbons (Fsp3) is 0.500. The minimum absolute atomic E-state index is 0.0107. The summed E-state index contributed by atoms with van der Waals surface area (Å²) < 4.78 is 0. The van der Waals surface area contributed by atoms with Crippen molar-refractivity contribution in [3.63, 3.8) is 0 Å². The lowest BCUT2D eigenvalue weighted by molar-refractivity contribution is 0.0948. The molecule has 2 aromatic rings. The van der Waals surface area contributed by atoms with Crippen LogP contribution in [0.4, 0.5) is 0 Å². The Morgan fingerprint density at radius 2 is 2.11 bits per heavy atom. The largest absolute Gasteiger partial charge is 0.323 e. The number of hydrogen-bond donors (Lipinski definition) is 4. The summed E-state index contributed by atoms with van der Waals surface area (Å²) in [4.78, 5) is 16.8. The number of aromatic amines is 2. The van der Waals surface area contributed by atoms with Gasteiger partial charge in [-0.2, -0.15) is 0 Å². The minimum Gasteiger partial charge on any atom is -0.323 e. The molecule has 1 aliphatic carbocycles. The lowest BCUT2D eigenvalue weighted by Crippen LogP contribution is -2.46. The van der Waals surface area contributed by atoms with Gasteiger partial charge in [-0.15, -0.1) is 0 Å². The van der Waals surface area contributed by atoms with Crippen LogP contribution >= 0.6 is 0 Å². The molecule has 102 valence electrons. The van der Waals surface area contributed by atoms with Gasteiger partial charge >= 0.3 is 5.69 Å². The summed E-state index contributed by atoms with van der Waals surface area (Å²) >= 11 is 0. The van der Waals surface area contributed by atoms with E-state index >= 15 is 0 Å². The predicted octanol–water partition coefficient (Wildman–Crippen LogP) is 1.25. The number of rotatable bonds is 4. The molecule has 3 rings (SSSR count). The van der Waals surface area contributed by atoms with E-state index in [4.69, 9.17) is 5.73 Å². The first-order chi connectivity index (χ1) is 9.14. The maximum Gasteiger partial charge on any atom is 0.323 e. The summed E-state index contributed by atoms with van der Waals surface area (Å²) in [6, 6.07) is 5.95. The lowest BCUT2D eigenvalue weighted by atomic mass is 9.62. The molecule has 1 saturated carbocycles. The number of benzene rings is 1. The van der Waals surface area contributed by atoms with Gasteiger partial charge in [0.05, 0.1) is 11.0 Å². The van der Waals surface area contributed by atoms with E-state index < -0.39 is 0 Å². The van der Waals surface area contributed by atoms with E-state index in [0.29, 0.717) is 0 Å². The van der Waals surface area contributed by atoms with Gasteiger partial charge in [-0.05, 0) is 37.6 Å². The summed E-state index contributed by atoms with van der Waals surface area (Å²) in [6.45, 7) is 0.940. The second kappa shape index (κ2) is 4.51. The third kappa shape index (κ3) is 1.99. The van der Waals surface area contributed by atoms with Crippen molar-refractivity contribution in [2.24, 2.45) is 11.1 Å². The first-order valence-corrected chi connectivity index (χ1v) is 6.77. The summed E-state index contributed by atoms with van der Waals surface area (Å²) in [5, 5.41) is 3.26. The van der Waals surface area contributed by atoms with Crippen LogP contribution in [0.2, 0.25) is 0 Å². The zero-order chi connectivity index (χ0) is 13.5. The van der Waals surface area contributed by atoms with Crippen molar-refractivity contribution < 1.29 is 0 Å². The van der Waals surface area contributed by atoms with E-state index in [1.54, 1.807) is 0 Å². The molecule has 1 fully saturated rings. The third-order valence-electron chi connectivity index (χ3n) is 4.44. The molecule has 5 N–H and O–H groups in total. The third-order valence-corrected chi connectivity index (χ3v) is 4.44. The quantitative estimate of drug-likeness (QED) is 0.667. The van der Waals surface area contributed by atoms with Crippen LogP contribution in [0.5, 0.6) is 0 Å². The molecule has 5 nitrogen and oxygen atoms in total. The molecule has 1 heterocycles. The highest BCUT2D eigenvalue weighted by Gasteiger charge is 2.42. The Morgan fingerprint density at radius 1 is 1.37 bits per heavy atom. The fourth-order valence-corrected chi connectivity index (χ4v) is 3.18. The molecule has 5 heteroatoms. The summed E-state index contributed by atoms with van der Waals surface area (Å²) in [5.74, 6) is 0. The molecule has 1 aromatic heterocycles. The van der Waals surface area contributed by atoms with Crippen molar-refractivity contribution in [3.8, 4) is 0 Å². The van der Waals surface area contributed by atoms with Gasteiger partial charge in [-0.3, -0.25) is 0 Å². The van der Waals surface area contributed by atoms with Gasteiger partial charge < -0.3 is 21.0 Å². The number of H-pyrrole nitrogens is 2. The van der Waals surface area contributed by atoms with Crippen molar-refractivity contribution >= 4 is 11.0 Å². The van der Waals surface area contributed by atoms with E-state index in [0.717, 1.165) is 36.0 Å². The second-order valence-corrected chi connectivity index (χ2v) is 5.61. The van der Waals surface area contributed by atoms with E-state index in [-0.39, 0.29) is 17.1 Å². The second-order valence-electron chi connectivity index (χ2n) is 5.61. The Kier molecular flexibility index (Phi) is 2.95. The molecule has 19 heavy (non-hydrogen) atoms. The highest BCUT2D eigenvalue weighted by Crippen LogP contribution is 2.48. The molecule has 0 amide bonds. The molecule has 1 atom stereocenters. The zero-order valence-corrected chi connectivity index (χ0v) is 11.1. The van der Waals surface area contributed by atoms with E-state index in [2.05, 4.69) is 15.3 Å². The normalized spacial score (nSPS) is 19.3. The molecular weight excluding hydrogens is 240 g/mol. The minimum atomic E-state index is -0.172. The van der Waals surface area contributed by atoms with E-state index in [1.807, 2.05) is 25.2 Å².